The van der Waals surface area contributed by atoms with Crippen molar-refractivity contribution in [3.05, 3.63) is 24.3 Å². The van der Waals surface area contributed by atoms with Crippen molar-refractivity contribution in [2.45, 2.75) is 112 Å². The lowest BCUT2D eigenvalue weighted by atomic mass is 9.41. The molecule has 0 aromatic heterocycles. The number of carbonyl (C=O) groups excluding carboxylic acids is 1. The Bertz CT molecular complexity index is 838. The minimum absolute atomic E-state index is 0.102. The highest BCUT2D eigenvalue weighted by Gasteiger charge is 2.62. The second-order valence-electron chi connectivity index (χ2n) is 12.8. The van der Waals surface area contributed by atoms with Crippen LogP contribution in [0.4, 0.5) is 0 Å². The van der Waals surface area contributed by atoms with Gasteiger partial charge in [-0.15, -0.1) is 0 Å². The molecule has 0 amide bonds. The zero-order valence-electron chi connectivity index (χ0n) is 22.9. The minimum Gasteiger partial charge on any atom is -0.300 e. The maximum atomic E-state index is 12.8. The first-order valence-electron chi connectivity index (χ1n) is 14.6. The molecular formula is C32H51NO. The molecule has 0 aromatic rings. The van der Waals surface area contributed by atoms with Crippen LogP contribution in [-0.2, 0) is 4.79 Å². The van der Waals surface area contributed by atoms with Gasteiger partial charge in [0.25, 0.3) is 0 Å². The fourth-order valence-electron chi connectivity index (χ4n) is 9.56. The number of hydrogen-bond acceptors (Lipinski definition) is 2. The zero-order chi connectivity index (χ0) is 24.7. The molecule has 4 rings (SSSR count). The zero-order valence-corrected chi connectivity index (χ0v) is 22.9. The summed E-state index contributed by atoms with van der Waals surface area (Å²) in [6, 6.07) is 0. The first-order chi connectivity index (χ1) is 16.2. The average molecular weight is 466 g/mol. The molecule has 4 aliphatic carbocycles. The Labute approximate surface area is 210 Å². The molecule has 190 valence electrons. The third-order valence-electron chi connectivity index (χ3n) is 11.2. The SMILES string of the molecule is C=C1CC2C3CCC(=C)C3(C)CCC2C2(CC(C)=O)CCC(=NCC(CC)CCC)C(CC)C12. The number of fused-ring (bicyclic) bond motifs is 5. The number of rotatable bonds is 8. The number of nitrogens with zero attached hydrogens (tertiary/aromatic N) is 1. The molecule has 0 spiro atoms. The monoisotopic (exact) mass is 465 g/mol. The summed E-state index contributed by atoms with van der Waals surface area (Å²) in [7, 11) is 0. The van der Waals surface area contributed by atoms with Gasteiger partial charge in [0.05, 0.1) is 0 Å². The fraction of sp³-hybridized carbons (Fsp3) is 0.812. The smallest absolute Gasteiger partial charge is 0.130 e. The maximum Gasteiger partial charge on any atom is 0.130 e. The Kier molecular flexibility index (Phi) is 7.66. The second kappa shape index (κ2) is 10.1. The number of aliphatic imine (C=N–C) groups is 1. The van der Waals surface area contributed by atoms with E-state index in [9.17, 15) is 4.79 Å². The lowest BCUT2D eigenvalue weighted by Crippen LogP contribution is -2.58. The van der Waals surface area contributed by atoms with E-state index in [4.69, 9.17) is 11.6 Å². The molecule has 4 aliphatic rings. The summed E-state index contributed by atoms with van der Waals surface area (Å²) >= 11 is 0. The molecule has 0 aromatic carbocycles. The van der Waals surface area contributed by atoms with Gasteiger partial charge in [0.1, 0.15) is 5.78 Å². The molecule has 34 heavy (non-hydrogen) atoms. The molecule has 0 bridgehead atoms. The quantitative estimate of drug-likeness (QED) is 0.330. The number of ketones is 1. The number of allylic oxidation sites excluding steroid dienone is 2. The minimum atomic E-state index is 0.102. The number of hydrogen-bond donors (Lipinski definition) is 0. The molecule has 8 unspecified atom stereocenters. The van der Waals surface area contributed by atoms with Crippen molar-refractivity contribution < 1.29 is 4.79 Å². The summed E-state index contributed by atoms with van der Waals surface area (Å²) in [4.78, 5) is 18.1. The van der Waals surface area contributed by atoms with Crippen LogP contribution in [0.15, 0.2) is 29.3 Å². The summed E-state index contributed by atoms with van der Waals surface area (Å²) < 4.78 is 0. The van der Waals surface area contributed by atoms with E-state index in [-0.39, 0.29) is 5.41 Å². The van der Waals surface area contributed by atoms with Crippen molar-refractivity contribution in [1.82, 2.24) is 0 Å². The van der Waals surface area contributed by atoms with E-state index >= 15 is 0 Å². The highest BCUT2D eigenvalue weighted by molar-refractivity contribution is 5.89. The van der Waals surface area contributed by atoms with Crippen molar-refractivity contribution in [3.8, 4) is 0 Å². The summed E-state index contributed by atoms with van der Waals surface area (Å²) in [5.74, 6) is 4.09. The van der Waals surface area contributed by atoms with Crippen molar-refractivity contribution in [1.29, 1.82) is 0 Å². The summed E-state index contributed by atoms with van der Waals surface area (Å²) in [6.45, 7) is 21.6. The summed E-state index contributed by atoms with van der Waals surface area (Å²) in [5, 5.41) is 0. The third kappa shape index (κ3) is 4.20. The lowest BCUT2D eigenvalue weighted by molar-refractivity contribution is -0.130. The van der Waals surface area contributed by atoms with Crippen LogP contribution in [0.5, 0.6) is 0 Å². The Hall–Kier alpha value is -1.18. The number of Topliss-reactive ketones (excluding diaryl/α,β-unsaturated/α-hetero) is 1. The molecule has 8 atom stereocenters. The van der Waals surface area contributed by atoms with Crippen molar-refractivity contribution in [2.75, 3.05) is 6.54 Å². The normalized spacial score (nSPS) is 41.7. The van der Waals surface area contributed by atoms with E-state index in [0.29, 0.717) is 40.8 Å². The van der Waals surface area contributed by atoms with E-state index in [0.717, 1.165) is 38.1 Å². The van der Waals surface area contributed by atoms with Crippen LogP contribution in [0.1, 0.15) is 112 Å². The van der Waals surface area contributed by atoms with Gasteiger partial charge in [-0.05, 0) is 105 Å². The summed E-state index contributed by atoms with van der Waals surface area (Å²) in [6.07, 6.45) is 14.1. The predicted octanol–water partition coefficient (Wildman–Crippen LogP) is 8.61. The molecule has 0 saturated heterocycles. The van der Waals surface area contributed by atoms with Gasteiger partial charge in [-0.2, -0.15) is 0 Å². The van der Waals surface area contributed by atoms with Crippen LogP contribution >= 0.6 is 0 Å². The van der Waals surface area contributed by atoms with Crippen LogP contribution in [0, 0.1) is 46.3 Å². The molecule has 2 nitrogen and oxygen atoms in total. The third-order valence-corrected chi connectivity index (χ3v) is 11.2. The molecule has 4 fully saturated rings. The average Bonchev–Trinajstić information content (AvgIpc) is 3.10. The van der Waals surface area contributed by atoms with Crippen molar-refractivity contribution >= 4 is 11.5 Å². The molecule has 0 N–H and O–H groups in total. The van der Waals surface area contributed by atoms with Crippen LogP contribution in [0.25, 0.3) is 0 Å². The van der Waals surface area contributed by atoms with Crippen molar-refractivity contribution in [2.24, 2.45) is 51.3 Å². The topological polar surface area (TPSA) is 29.4 Å². The van der Waals surface area contributed by atoms with E-state index in [1.54, 1.807) is 0 Å². The highest BCUT2D eigenvalue weighted by atomic mass is 16.1. The van der Waals surface area contributed by atoms with E-state index in [1.165, 1.54) is 68.2 Å². The molecule has 0 aliphatic heterocycles. The highest BCUT2D eigenvalue weighted by Crippen LogP contribution is 2.69. The molecular weight excluding hydrogens is 414 g/mol. The van der Waals surface area contributed by atoms with Crippen molar-refractivity contribution in [3.63, 3.8) is 0 Å². The Morgan fingerprint density at radius 2 is 1.88 bits per heavy atom. The molecule has 0 heterocycles. The second-order valence-corrected chi connectivity index (χ2v) is 12.8. The fourth-order valence-corrected chi connectivity index (χ4v) is 9.56. The predicted molar refractivity (Wildman–Crippen MR) is 145 cm³/mol. The van der Waals surface area contributed by atoms with Gasteiger partial charge in [0.2, 0.25) is 0 Å². The Balaban J connectivity index is 1.69. The standard InChI is InChI=1S/C32H51NO/c1-8-11-24(9-2)20-33-29-15-17-32(19-23(6)34)28-14-16-31(7)22(5)12-13-27(31)26(28)18-21(4)30(32)25(29)10-3/h24-28,30H,4-5,8-20H2,1-3,6-7H3. The van der Waals surface area contributed by atoms with Crippen LogP contribution < -0.4 is 0 Å². The molecule has 4 saturated carbocycles. The summed E-state index contributed by atoms with van der Waals surface area (Å²) in [5.41, 5.74) is 4.81. The van der Waals surface area contributed by atoms with E-state index in [1.807, 2.05) is 6.92 Å². The number of carbonyl (C=O) groups is 1. The van der Waals surface area contributed by atoms with Gasteiger partial charge in [-0.1, -0.05) is 64.8 Å². The van der Waals surface area contributed by atoms with Gasteiger partial charge in [0.15, 0.2) is 0 Å². The van der Waals surface area contributed by atoms with Gasteiger partial charge in [0, 0.05) is 24.6 Å². The van der Waals surface area contributed by atoms with Crippen LogP contribution in [0.3, 0.4) is 0 Å². The molecule has 0 radical (unpaired) electrons. The largest absolute Gasteiger partial charge is 0.300 e. The van der Waals surface area contributed by atoms with Gasteiger partial charge in [-0.25, -0.2) is 0 Å². The van der Waals surface area contributed by atoms with Crippen LogP contribution in [0.2, 0.25) is 0 Å². The lowest BCUT2D eigenvalue weighted by Gasteiger charge is -2.63. The van der Waals surface area contributed by atoms with Gasteiger partial charge >= 0.3 is 0 Å². The maximum absolute atomic E-state index is 12.8. The van der Waals surface area contributed by atoms with Gasteiger partial charge < -0.3 is 4.79 Å². The first kappa shape index (κ1) is 25.9. The Morgan fingerprint density at radius 3 is 2.53 bits per heavy atom. The van der Waals surface area contributed by atoms with Gasteiger partial charge in [-0.3, -0.25) is 4.99 Å². The Morgan fingerprint density at radius 1 is 1.12 bits per heavy atom. The van der Waals surface area contributed by atoms with E-state index < -0.39 is 0 Å². The van der Waals surface area contributed by atoms with E-state index in [2.05, 4.69) is 34.3 Å². The molecule has 2 heteroatoms. The first-order valence-corrected chi connectivity index (χ1v) is 14.6. The van der Waals surface area contributed by atoms with Crippen LogP contribution in [-0.4, -0.2) is 18.0 Å².